The average Bonchev–Trinajstić information content (AvgIpc) is 3.88. The number of para-hydroxylation sites is 2. The van der Waals surface area contributed by atoms with Crippen LogP contribution in [0.25, 0.3) is 77.2 Å². The fourth-order valence-corrected chi connectivity index (χ4v) is 15.0. The molecule has 296 valence electrons. The predicted molar refractivity (Wildman–Crippen MR) is 270 cm³/mol. The van der Waals surface area contributed by atoms with Crippen LogP contribution in [-0.2, 0) is 0 Å². The molecule has 2 heterocycles. The van der Waals surface area contributed by atoms with Crippen molar-refractivity contribution in [2.75, 3.05) is 0 Å². The van der Waals surface area contributed by atoms with Crippen LogP contribution >= 0.6 is 0 Å². The summed E-state index contributed by atoms with van der Waals surface area (Å²) in [4.78, 5) is 0. The summed E-state index contributed by atoms with van der Waals surface area (Å²) in [5.74, 6) is 0. The van der Waals surface area contributed by atoms with Gasteiger partial charge in [0.15, 0.2) is 8.07 Å². The lowest BCUT2D eigenvalue weighted by atomic mass is 9.99. The zero-order valence-corrected chi connectivity index (χ0v) is 35.6. The summed E-state index contributed by atoms with van der Waals surface area (Å²) in [6.07, 6.45) is 0. The third kappa shape index (κ3) is 6.00. The van der Waals surface area contributed by atoms with Crippen molar-refractivity contribution in [3.8, 4) is 33.6 Å². The Hall–Kier alpha value is -7.98. The molecule has 0 aliphatic carbocycles. The first-order valence-electron chi connectivity index (χ1n) is 21.8. The molecule has 0 spiro atoms. The van der Waals surface area contributed by atoms with Crippen molar-refractivity contribution in [3.05, 3.63) is 255 Å². The van der Waals surface area contributed by atoms with Crippen LogP contribution in [0.4, 0.5) is 0 Å². The first-order chi connectivity index (χ1) is 31.3. The maximum Gasteiger partial charge on any atom is 0.179 e. The minimum atomic E-state index is -2.77. The molecular formula is C60H42N2Si. The second-order valence-electron chi connectivity index (χ2n) is 16.5. The molecule has 0 saturated heterocycles. The summed E-state index contributed by atoms with van der Waals surface area (Å²) >= 11 is 0. The van der Waals surface area contributed by atoms with E-state index >= 15 is 0 Å². The molecule has 10 aromatic carbocycles. The van der Waals surface area contributed by atoms with Gasteiger partial charge >= 0.3 is 0 Å². The van der Waals surface area contributed by atoms with Crippen LogP contribution in [0.2, 0.25) is 0 Å². The Morgan fingerprint density at radius 3 is 1.24 bits per heavy atom. The van der Waals surface area contributed by atoms with Crippen molar-refractivity contribution < 1.29 is 0 Å². The lowest BCUT2D eigenvalue weighted by molar-refractivity contribution is 1.17. The second-order valence-corrected chi connectivity index (χ2v) is 20.3. The molecule has 2 nitrogen and oxygen atoms in total. The van der Waals surface area contributed by atoms with Crippen LogP contribution in [0, 0.1) is 0 Å². The fourth-order valence-electron chi connectivity index (χ4n) is 10.2. The van der Waals surface area contributed by atoms with Gasteiger partial charge in [-0.1, -0.05) is 200 Å². The Bertz CT molecular complexity index is 3490. The SMILES string of the molecule is c1ccc(-c2cccc(-c3ccc(-n4c5ccccc5c5cc(-n6c7ccccc7c7ccc([Si](c8ccccc8)(c8ccccc8)c8ccccc8)cc76)ccc54)cc3)c2)cc1. The molecule has 0 saturated carbocycles. The number of fused-ring (bicyclic) bond motifs is 6. The van der Waals surface area contributed by atoms with E-state index in [9.17, 15) is 0 Å². The summed E-state index contributed by atoms with van der Waals surface area (Å²) in [5, 5.41) is 10.4. The van der Waals surface area contributed by atoms with Gasteiger partial charge in [-0.2, -0.15) is 0 Å². The summed E-state index contributed by atoms with van der Waals surface area (Å²) in [5.41, 5.74) is 11.9. The van der Waals surface area contributed by atoms with E-state index in [0.717, 1.165) is 11.4 Å². The summed E-state index contributed by atoms with van der Waals surface area (Å²) in [6, 6.07) is 94.2. The van der Waals surface area contributed by atoms with Crippen molar-refractivity contribution in [1.29, 1.82) is 0 Å². The van der Waals surface area contributed by atoms with Gasteiger partial charge in [0.1, 0.15) is 0 Å². The minimum absolute atomic E-state index is 1.14. The van der Waals surface area contributed by atoms with Crippen molar-refractivity contribution >= 4 is 72.4 Å². The molecule has 63 heavy (non-hydrogen) atoms. The molecule has 0 aliphatic rings. The highest BCUT2D eigenvalue weighted by Gasteiger charge is 2.41. The number of aromatic nitrogens is 2. The second kappa shape index (κ2) is 15.2. The summed E-state index contributed by atoms with van der Waals surface area (Å²) in [6.45, 7) is 0. The van der Waals surface area contributed by atoms with Crippen molar-refractivity contribution in [2.24, 2.45) is 0 Å². The van der Waals surface area contributed by atoms with Crippen LogP contribution in [0.15, 0.2) is 255 Å². The topological polar surface area (TPSA) is 9.86 Å². The highest BCUT2D eigenvalue weighted by molar-refractivity contribution is 7.20. The van der Waals surface area contributed by atoms with E-state index in [0.29, 0.717) is 0 Å². The van der Waals surface area contributed by atoms with Gasteiger partial charge in [0.05, 0.1) is 22.1 Å². The van der Waals surface area contributed by atoms with Crippen LogP contribution in [0.3, 0.4) is 0 Å². The molecule has 0 aliphatic heterocycles. The standard InChI is InChI=1S/C60H42N2Si/c1-5-18-43(19-6-1)45-20-17-21-46(40-45)44-32-34-47(35-33-44)61-58-31-16-14-29-54(58)56-41-48(36-39-59(56)61)62-57-30-15-13-28-53(57)55-38-37-52(42-60(55)62)63(49-22-7-2-8-23-49,50-24-9-3-10-25-50)51-26-11-4-12-27-51/h1-42H. The van der Waals surface area contributed by atoms with Crippen LogP contribution < -0.4 is 20.7 Å². The third-order valence-corrected chi connectivity index (χ3v) is 17.8. The minimum Gasteiger partial charge on any atom is -0.309 e. The van der Waals surface area contributed by atoms with Crippen LogP contribution in [-0.4, -0.2) is 17.2 Å². The quantitative estimate of drug-likeness (QED) is 0.107. The smallest absolute Gasteiger partial charge is 0.179 e. The molecule has 2 aromatic heterocycles. The van der Waals surface area contributed by atoms with Gasteiger partial charge in [-0.25, -0.2) is 0 Å². The molecule has 3 heteroatoms. The van der Waals surface area contributed by atoms with Gasteiger partial charge in [0, 0.05) is 32.9 Å². The van der Waals surface area contributed by atoms with Gasteiger partial charge in [-0.3, -0.25) is 0 Å². The molecule has 0 radical (unpaired) electrons. The molecule has 12 aromatic rings. The van der Waals surface area contributed by atoms with Gasteiger partial charge in [0.25, 0.3) is 0 Å². The van der Waals surface area contributed by atoms with Gasteiger partial charge < -0.3 is 9.13 Å². The van der Waals surface area contributed by atoms with Crippen LogP contribution in [0.1, 0.15) is 0 Å². The Balaban J connectivity index is 1.04. The first-order valence-corrected chi connectivity index (χ1v) is 23.8. The van der Waals surface area contributed by atoms with Crippen molar-refractivity contribution in [1.82, 2.24) is 9.13 Å². The molecule has 0 amide bonds. The molecule has 12 rings (SSSR count). The normalized spacial score (nSPS) is 11.8. The largest absolute Gasteiger partial charge is 0.309 e. The van der Waals surface area contributed by atoms with Gasteiger partial charge in [0.2, 0.25) is 0 Å². The summed E-state index contributed by atoms with van der Waals surface area (Å²) in [7, 11) is -2.77. The highest BCUT2D eigenvalue weighted by Crippen LogP contribution is 2.37. The van der Waals surface area contributed by atoms with E-state index in [1.165, 1.54) is 86.6 Å². The zero-order valence-electron chi connectivity index (χ0n) is 34.6. The van der Waals surface area contributed by atoms with E-state index in [2.05, 4.69) is 264 Å². The van der Waals surface area contributed by atoms with E-state index in [1.54, 1.807) is 0 Å². The van der Waals surface area contributed by atoms with E-state index in [4.69, 9.17) is 0 Å². The molecule has 0 fully saturated rings. The Morgan fingerprint density at radius 2 is 0.651 bits per heavy atom. The summed E-state index contributed by atoms with van der Waals surface area (Å²) < 4.78 is 4.92. The molecule has 0 bridgehead atoms. The maximum absolute atomic E-state index is 2.77. The maximum atomic E-state index is 2.51. The number of benzene rings is 10. The van der Waals surface area contributed by atoms with E-state index in [-0.39, 0.29) is 0 Å². The monoisotopic (exact) mass is 818 g/mol. The predicted octanol–water partition coefficient (Wildman–Crippen LogP) is 12.6. The van der Waals surface area contributed by atoms with Crippen molar-refractivity contribution in [2.45, 2.75) is 0 Å². The number of nitrogens with zero attached hydrogens (tertiary/aromatic N) is 2. The average molecular weight is 819 g/mol. The fraction of sp³-hybridized carbons (Fsp3) is 0. The highest BCUT2D eigenvalue weighted by atomic mass is 28.3. The number of hydrogen-bond donors (Lipinski definition) is 0. The molecule has 0 atom stereocenters. The Morgan fingerprint density at radius 1 is 0.222 bits per heavy atom. The molecule has 0 unspecified atom stereocenters. The van der Waals surface area contributed by atoms with Gasteiger partial charge in [-0.05, 0) is 97.6 Å². The van der Waals surface area contributed by atoms with Crippen LogP contribution in [0.5, 0.6) is 0 Å². The van der Waals surface area contributed by atoms with Gasteiger partial charge in [-0.15, -0.1) is 0 Å². The zero-order chi connectivity index (χ0) is 41.7. The first kappa shape index (κ1) is 36.8. The lowest BCUT2D eigenvalue weighted by Crippen LogP contribution is -2.74. The Labute approximate surface area is 368 Å². The third-order valence-electron chi connectivity index (χ3n) is 13.1. The number of rotatable bonds is 8. The lowest BCUT2D eigenvalue weighted by Gasteiger charge is -2.34. The number of hydrogen-bond acceptors (Lipinski definition) is 0. The van der Waals surface area contributed by atoms with E-state index < -0.39 is 8.07 Å². The Kier molecular flexibility index (Phi) is 8.87. The molecular weight excluding hydrogens is 777 g/mol. The van der Waals surface area contributed by atoms with E-state index in [1.807, 2.05) is 0 Å². The molecule has 0 N–H and O–H groups in total. The van der Waals surface area contributed by atoms with Crippen molar-refractivity contribution in [3.63, 3.8) is 0 Å².